The third kappa shape index (κ3) is 4.44. The molecule has 138 valence electrons. The highest BCUT2D eigenvalue weighted by molar-refractivity contribution is 5.90. The van der Waals surface area contributed by atoms with E-state index in [0.717, 1.165) is 17.7 Å². The van der Waals surface area contributed by atoms with E-state index in [2.05, 4.69) is 4.98 Å². The molecule has 1 aromatic heterocycles. The molecule has 0 bridgehead atoms. The number of alkyl halides is 3. The van der Waals surface area contributed by atoms with Crippen molar-refractivity contribution in [3.8, 4) is 17.0 Å². The number of hydrogen-bond acceptors (Lipinski definition) is 3. The van der Waals surface area contributed by atoms with Crippen LogP contribution >= 0.6 is 0 Å². The topological polar surface area (TPSA) is 59.4 Å². The van der Waals surface area contributed by atoms with Gasteiger partial charge in [0.2, 0.25) is 5.88 Å². The van der Waals surface area contributed by atoms with Crippen molar-refractivity contribution in [1.82, 2.24) is 4.98 Å². The molecule has 3 rings (SSSR count). The fraction of sp³-hybridized carbons (Fsp3) is 0.100. The molecule has 1 N–H and O–H groups in total. The van der Waals surface area contributed by atoms with Gasteiger partial charge in [-0.05, 0) is 29.3 Å². The van der Waals surface area contributed by atoms with Crippen LogP contribution < -0.4 is 4.74 Å². The molecule has 1 heterocycles. The minimum atomic E-state index is -4.77. The zero-order valence-corrected chi connectivity index (χ0v) is 13.9. The number of benzene rings is 2. The van der Waals surface area contributed by atoms with E-state index in [1.165, 1.54) is 12.3 Å². The Labute approximate surface area is 152 Å². The highest BCUT2D eigenvalue weighted by Gasteiger charge is 2.35. The third-order valence-corrected chi connectivity index (χ3v) is 3.85. The standard InChI is InChI=1S/C20H14F3NO3/c21-20(22,23)17-10-14(6-8-16(17)19(25)26)15-7-9-18(24-11-15)27-12-13-4-2-1-3-5-13/h1-11H,12H2,(H,25,26). The Morgan fingerprint density at radius 3 is 2.30 bits per heavy atom. The van der Waals surface area contributed by atoms with Crippen molar-refractivity contribution in [1.29, 1.82) is 0 Å². The lowest BCUT2D eigenvalue weighted by Gasteiger charge is -2.12. The lowest BCUT2D eigenvalue weighted by molar-refractivity contribution is -0.138. The van der Waals surface area contributed by atoms with Crippen molar-refractivity contribution in [3.05, 3.63) is 83.6 Å². The molecule has 0 fully saturated rings. The van der Waals surface area contributed by atoms with Gasteiger partial charge in [-0.25, -0.2) is 9.78 Å². The monoisotopic (exact) mass is 373 g/mol. The Morgan fingerprint density at radius 1 is 1.00 bits per heavy atom. The fourth-order valence-corrected chi connectivity index (χ4v) is 2.51. The molecule has 0 saturated heterocycles. The van der Waals surface area contributed by atoms with Gasteiger partial charge in [0.05, 0.1) is 11.1 Å². The maximum absolute atomic E-state index is 13.1. The second-order valence-electron chi connectivity index (χ2n) is 5.72. The number of aromatic nitrogens is 1. The van der Waals surface area contributed by atoms with Crippen molar-refractivity contribution in [2.24, 2.45) is 0 Å². The first-order valence-corrected chi connectivity index (χ1v) is 7.92. The second kappa shape index (κ2) is 7.49. The molecule has 0 spiro atoms. The maximum atomic E-state index is 13.1. The molecule has 0 radical (unpaired) electrons. The van der Waals surface area contributed by atoms with Crippen LogP contribution in [0.15, 0.2) is 66.9 Å². The van der Waals surface area contributed by atoms with E-state index in [1.54, 1.807) is 12.1 Å². The van der Waals surface area contributed by atoms with Gasteiger partial charge < -0.3 is 9.84 Å². The van der Waals surface area contributed by atoms with Crippen molar-refractivity contribution in [3.63, 3.8) is 0 Å². The lowest BCUT2D eigenvalue weighted by Crippen LogP contribution is -2.13. The molecule has 4 nitrogen and oxygen atoms in total. The van der Waals surface area contributed by atoms with Crippen molar-refractivity contribution in [2.75, 3.05) is 0 Å². The Bertz CT molecular complexity index is 939. The number of ether oxygens (including phenoxy) is 1. The number of carboxylic acids is 1. The lowest BCUT2D eigenvalue weighted by atomic mass is 10.00. The quantitative estimate of drug-likeness (QED) is 0.680. The number of carboxylic acid groups (broad SMARTS) is 1. The number of halogens is 3. The predicted octanol–water partition coefficient (Wildman–Crippen LogP) is 5.04. The number of carbonyl (C=O) groups is 1. The Hall–Kier alpha value is -3.35. The van der Waals surface area contributed by atoms with E-state index < -0.39 is 23.3 Å². The van der Waals surface area contributed by atoms with Crippen LogP contribution in [0.4, 0.5) is 13.2 Å². The Morgan fingerprint density at radius 2 is 1.70 bits per heavy atom. The average Bonchev–Trinajstić information content (AvgIpc) is 2.66. The second-order valence-corrected chi connectivity index (χ2v) is 5.72. The third-order valence-electron chi connectivity index (χ3n) is 3.85. The highest BCUT2D eigenvalue weighted by Crippen LogP contribution is 2.35. The van der Waals surface area contributed by atoms with Crippen LogP contribution in [0.5, 0.6) is 5.88 Å². The number of pyridine rings is 1. The summed E-state index contributed by atoms with van der Waals surface area (Å²) < 4.78 is 44.9. The van der Waals surface area contributed by atoms with Crippen molar-refractivity contribution >= 4 is 5.97 Å². The predicted molar refractivity (Wildman–Crippen MR) is 92.4 cm³/mol. The molecule has 0 unspecified atom stereocenters. The summed E-state index contributed by atoms with van der Waals surface area (Å²) in [5.74, 6) is -1.29. The van der Waals surface area contributed by atoms with E-state index in [-0.39, 0.29) is 5.56 Å². The first-order valence-electron chi connectivity index (χ1n) is 7.92. The molecule has 0 amide bonds. The minimum Gasteiger partial charge on any atom is -0.478 e. The van der Waals surface area contributed by atoms with Crippen LogP contribution in [0.25, 0.3) is 11.1 Å². The van der Waals surface area contributed by atoms with E-state index in [1.807, 2.05) is 30.3 Å². The summed E-state index contributed by atoms with van der Waals surface area (Å²) in [5, 5.41) is 8.95. The number of rotatable bonds is 5. The molecule has 0 aliphatic carbocycles. The van der Waals surface area contributed by atoms with Gasteiger partial charge in [-0.1, -0.05) is 36.4 Å². The Kier molecular flexibility index (Phi) is 5.12. The van der Waals surface area contributed by atoms with E-state index in [4.69, 9.17) is 9.84 Å². The molecule has 2 aromatic carbocycles. The van der Waals surface area contributed by atoms with Crippen LogP contribution in [-0.4, -0.2) is 16.1 Å². The summed E-state index contributed by atoms with van der Waals surface area (Å²) in [5.41, 5.74) is -0.389. The molecule has 0 aliphatic heterocycles. The van der Waals surface area contributed by atoms with Crippen LogP contribution in [-0.2, 0) is 12.8 Å². The molecule has 27 heavy (non-hydrogen) atoms. The molecular formula is C20H14F3NO3. The first kappa shape index (κ1) is 18.4. The van der Waals surface area contributed by atoms with Gasteiger partial charge in [-0.3, -0.25) is 0 Å². The smallest absolute Gasteiger partial charge is 0.417 e. The van der Waals surface area contributed by atoms with Crippen LogP contribution in [0.2, 0.25) is 0 Å². The number of nitrogens with zero attached hydrogens (tertiary/aromatic N) is 1. The highest BCUT2D eigenvalue weighted by atomic mass is 19.4. The van der Waals surface area contributed by atoms with Crippen LogP contribution in [0.1, 0.15) is 21.5 Å². The summed E-state index contributed by atoms with van der Waals surface area (Å²) in [6.07, 6.45) is -3.38. The van der Waals surface area contributed by atoms with E-state index >= 15 is 0 Å². The maximum Gasteiger partial charge on any atom is 0.417 e. The average molecular weight is 373 g/mol. The van der Waals surface area contributed by atoms with Gasteiger partial charge >= 0.3 is 12.1 Å². The largest absolute Gasteiger partial charge is 0.478 e. The van der Waals surface area contributed by atoms with Gasteiger partial charge in [-0.15, -0.1) is 0 Å². The molecule has 0 saturated carbocycles. The summed E-state index contributed by atoms with van der Waals surface area (Å²) in [6, 6.07) is 15.7. The van der Waals surface area contributed by atoms with Gasteiger partial charge in [0.15, 0.2) is 0 Å². The summed E-state index contributed by atoms with van der Waals surface area (Å²) in [4.78, 5) is 15.1. The zero-order chi connectivity index (χ0) is 19.4. The Balaban J connectivity index is 1.81. The van der Waals surface area contributed by atoms with Gasteiger partial charge in [0.25, 0.3) is 0 Å². The van der Waals surface area contributed by atoms with Gasteiger partial charge in [0.1, 0.15) is 6.61 Å². The molecule has 7 heteroatoms. The molecule has 3 aromatic rings. The van der Waals surface area contributed by atoms with E-state index in [0.29, 0.717) is 18.1 Å². The number of aromatic carboxylic acids is 1. The van der Waals surface area contributed by atoms with Gasteiger partial charge in [0, 0.05) is 17.8 Å². The van der Waals surface area contributed by atoms with Crippen LogP contribution in [0.3, 0.4) is 0 Å². The number of hydrogen-bond donors (Lipinski definition) is 1. The molecular weight excluding hydrogens is 359 g/mol. The first-order chi connectivity index (χ1) is 12.8. The summed E-state index contributed by atoms with van der Waals surface area (Å²) in [6.45, 7) is 0.318. The normalized spacial score (nSPS) is 11.2. The summed E-state index contributed by atoms with van der Waals surface area (Å²) >= 11 is 0. The molecule has 0 aliphatic rings. The minimum absolute atomic E-state index is 0.217. The van der Waals surface area contributed by atoms with Gasteiger partial charge in [-0.2, -0.15) is 13.2 Å². The molecule has 0 atom stereocenters. The fourth-order valence-electron chi connectivity index (χ4n) is 2.51. The van der Waals surface area contributed by atoms with Crippen molar-refractivity contribution in [2.45, 2.75) is 12.8 Å². The SMILES string of the molecule is O=C(O)c1ccc(-c2ccc(OCc3ccccc3)nc2)cc1C(F)(F)F. The zero-order valence-electron chi connectivity index (χ0n) is 13.9. The summed E-state index contributed by atoms with van der Waals surface area (Å²) in [7, 11) is 0. The van der Waals surface area contributed by atoms with E-state index in [9.17, 15) is 18.0 Å². The van der Waals surface area contributed by atoms with Crippen LogP contribution in [0, 0.1) is 0 Å². The van der Waals surface area contributed by atoms with Crippen molar-refractivity contribution < 1.29 is 27.8 Å².